The maximum absolute atomic E-state index is 13.3. The van der Waals surface area contributed by atoms with Crippen LogP contribution in [0.2, 0.25) is 0 Å². The highest BCUT2D eigenvalue weighted by Gasteiger charge is 2.71. The second-order valence-corrected chi connectivity index (χ2v) is 8.29. The Labute approximate surface area is 169 Å². The Morgan fingerprint density at radius 3 is 2.76 bits per heavy atom. The number of ether oxygens (including phenoxy) is 1. The third-order valence-corrected chi connectivity index (χ3v) is 6.29. The first-order valence-corrected chi connectivity index (χ1v) is 9.91. The predicted molar refractivity (Wildman–Crippen MR) is 106 cm³/mol. The Morgan fingerprint density at radius 1 is 1.21 bits per heavy atom. The van der Waals surface area contributed by atoms with Crippen LogP contribution in [0.3, 0.4) is 0 Å². The van der Waals surface area contributed by atoms with E-state index in [-0.39, 0.29) is 11.8 Å². The number of amides is 2. The molecule has 29 heavy (non-hydrogen) atoms. The van der Waals surface area contributed by atoms with E-state index in [9.17, 15) is 9.59 Å². The van der Waals surface area contributed by atoms with Crippen LogP contribution in [0, 0.1) is 11.8 Å². The summed E-state index contributed by atoms with van der Waals surface area (Å²) in [5.74, 6) is -1.20. The fraction of sp³-hybridized carbons (Fsp3) is 0.348. The molecule has 2 fully saturated rings. The van der Waals surface area contributed by atoms with Crippen molar-refractivity contribution in [1.29, 1.82) is 0 Å². The maximum atomic E-state index is 13.3. The summed E-state index contributed by atoms with van der Waals surface area (Å²) in [5.41, 5.74) is 0.526. The molecule has 1 aromatic carbocycles. The number of aromatic nitrogens is 1. The number of hydrogen-bond acceptors (Lipinski definition) is 4. The fourth-order valence-corrected chi connectivity index (χ4v) is 4.99. The highest BCUT2D eigenvalue weighted by Crippen LogP contribution is 2.57. The average Bonchev–Trinajstić information content (AvgIpc) is 3.30. The summed E-state index contributed by atoms with van der Waals surface area (Å²) in [7, 11) is 0. The van der Waals surface area contributed by atoms with Crippen LogP contribution >= 0.6 is 0 Å². The van der Waals surface area contributed by atoms with Crippen LogP contribution in [0.25, 0.3) is 0 Å². The summed E-state index contributed by atoms with van der Waals surface area (Å²) >= 11 is 0. The molecule has 2 saturated heterocycles. The van der Waals surface area contributed by atoms with E-state index in [4.69, 9.17) is 4.74 Å². The van der Waals surface area contributed by atoms with E-state index >= 15 is 0 Å². The number of pyridine rings is 1. The predicted octanol–water partition coefficient (Wildman–Crippen LogP) is 2.07. The van der Waals surface area contributed by atoms with Gasteiger partial charge in [-0.2, -0.15) is 0 Å². The Morgan fingerprint density at radius 2 is 2.00 bits per heavy atom. The summed E-state index contributed by atoms with van der Waals surface area (Å²) in [6.45, 7) is 3.28. The third-order valence-electron chi connectivity index (χ3n) is 6.29. The van der Waals surface area contributed by atoms with Gasteiger partial charge < -0.3 is 15.0 Å². The minimum absolute atomic E-state index is 0.0107. The molecule has 1 N–H and O–H groups in total. The monoisotopic (exact) mass is 389 g/mol. The van der Waals surface area contributed by atoms with Gasteiger partial charge in [-0.3, -0.25) is 14.6 Å². The topological polar surface area (TPSA) is 71.5 Å². The molecular formula is C23H23N3O3. The van der Waals surface area contributed by atoms with E-state index in [1.54, 1.807) is 12.4 Å². The largest absolute Gasteiger partial charge is 0.357 e. The van der Waals surface area contributed by atoms with E-state index in [0.717, 1.165) is 11.1 Å². The van der Waals surface area contributed by atoms with Crippen LogP contribution in [-0.4, -0.2) is 39.4 Å². The second-order valence-electron chi connectivity index (χ2n) is 8.29. The van der Waals surface area contributed by atoms with Gasteiger partial charge in [0.2, 0.25) is 11.8 Å². The van der Waals surface area contributed by atoms with Gasteiger partial charge in [-0.1, -0.05) is 48.6 Å². The van der Waals surface area contributed by atoms with Crippen molar-refractivity contribution in [3.63, 3.8) is 0 Å². The van der Waals surface area contributed by atoms with Gasteiger partial charge in [0.05, 0.1) is 24.0 Å². The lowest BCUT2D eigenvalue weighted by atomic mass is 9.72. The molecule has 2 bridgehead atoms. The first kappa shape index (κ1) is 18.1. The zero-order valence-electron chi connectivity index (χ0n) is 16.2. The highest BCUT2D eigenvalue weighted by atomic mass is 16.5. The molecule has 1 aromatic heterocycles. The molecule has 0 radical (unpaired) electrons. The molecular weight excluding hydrogens is 366 g/mol. The molecule has 3 aliphatic rings. The first-order valence-electron chi connectivity index (χ1n) is 9.91. The Kier molecular flexibility index (Phi) is 4.06. The Hall–Kier alpha value is -2.99. The van der Waals surface area contributed by atoms with Crippen molar-refractivity contribution in [2.75, 3.05) is 6.54 Å². The molecule has 4 heterocycles. The van der Waals surface area contributed by atoms with Crippen LogP contribution in [-0.2, 0) is 27.4 Å². The second kappa shape index (κ2) is 6.52. The average molecular weight is 389 g/mol. The Balaban J connectivity index is 1.37. The zero-order chi connectivity index (χ0) is 20.1. The summed E-state index contributed by atoms with van der Waals surface area (Å²) in [5, 5.41) is 2.98. The molecule has 4 atom stereocenters. The van der Waals surface area contributed by atoms with E-state index in [1.165, 1.54) is 0 Å². The van der Waals surface area contributed by atoms with Gasteiger partial charge in [-0.15, -0.1) is 0 Å². The SMILES string of the molecule is CC12C=CC3(CN(Cc4ccccc4)C(=O)C3C1C(=O)NCc1cccnc1)O2. The summed E-state index contributed by atoms with van der Waals surface area (Å²) < 4.78 is 6.35. The van der Waals surface area contributed by atoms with Gasteiger partial charge in [-0.05, 0) is 24.1 Å². The molecule has 4 unspecified atom stereocenters. The summed E-state index contributed by atoms with van der Waals surface area (Å²) in [6.07, 6.45) is 7.37. The number of carbonyl (C=O) groups excluding carboxylic acids is 2. The van der Waals surface area contributed by atoms with Crippen LogP contribution < -0.4 is 5.32 Å². The maximum Gasteiger partial charge on any atom is 0.230 e. The van der Waals surface area contributed by atoms with Crippen molar-refractivity contribution in [3.05, 3.63) is 78.1 Å². The number of hydrogen-bond donors (Lipinski definition) is 1. The normalized spacial score (nSPS) is 31.9. The van der Waals surface area contributed by atoms with Gasteiger partial charge in [0.1, 0.15) is 5.60 Å². The van der Waals surface area contributed by atoms with Crippen molar-refractivity contribution in [1.82, 2.24) is 15.2 Å². The summed E-state index contributed by atoms with van der Waals surface area (Å²) in [6, 6.07) is 13.7. The standard InChI is InChI=1S/C23H23N3O3/c1-22-9-10-23(29-22)15-26(14-16-6-3-2-4-7-16)21(28)19(23)18(22)20(27)25-13-17-8-5-11-24-12-17/h2-12,18-19H,13-15H2,1H3,(H,25,27). The lowest BCUT2D eigenvalue weighted by molar-refractivity contribution is -0.139. The van der Waals surface area contributed by atoms with Crippen LogP contribution in [0.1, 0.15) is 18.1 Å². The first-order chi connectivity index (χ1) is 14.0. The van der Waals surface area contributed by atoms with Crippen molar-refractivity contribution in [2.24, 2.45) is 11.8 Å². The smallest absolute Gasteiger partial charge is 0.230 e. The lowest BCUT2D eigenvalue weighted by Gasteiger charge is -2.29. The van der Waals surface area contributed by atoms with Crippen molar-refractivity contribution in [2.45, 2.75) is 31.2 Å². The zero-order valence-corrected chi connectivity index (χ0v) is 16.2. The summed E-state index contributed by atoms with van der Waals surface area (Å²) in [4.78, 5) is 32.4. The minimum Gasteiger partial charge on any atom is -0.357 e. The molecule has 5 rings (SSSR count). The Bertz CT molecular complexity index is 977. The van der Waals surface area contributed by atoms with Crippen molar-refractivity contribution >= 4 is 11.8 Å². The molecule has 6 heteroatoms. The van der Waals surface area contributed by atoms with Gasteiger partial charge >= 0.3 is 0 Å². The van der Waals surface area contributed by atoms with Crippen LogP contribution in [0.4, 0.5) is 0 Å². The number of rotatable bonds is 5. The quantitative estimate of drug-likeness (QED) is 0.795. The third kappa shape index (κ3) is 2.86. The molecule has 2 aromatic rings. The van der Waals surface area contributed by atoms with Crippen molar-refractivity contribution in [3.8, 4) is 0 Å². The van der Waals surface area contributed by atoms with Gasteiger partial charge in [0.15, 0.2) is 0 Å². The van der Waals surface area contributed by atoms with E-state index in [0.29, 0.717) is 19.6 Å². The molecule has 1 spiro atoms. The molecule has 0 aliphatic carbocycles. The number of fused-ring (bicyclic) bond motifs is 1. The fourth-order valence-electron chi connectivity index (χ4n) is 4.99. The number of nitrogens with zero attached hydrogens (tertiary/aromatic N) is 2. The molecule has 3 aliphatic heterocycles. The molecule has 2 amide bonds. The number of nitrogens with one attached hydrogen (secondary N) is 1. The lowest BCUT2D eigenvalue weighted by Crippen LogP contribution is -2.47. The van der Waals surface area contributed by atoms with Gasteiger partial charge in [-0.25, -0.2) is 0 Å². The van der Waals surface area contributed by atoms with Crippen LogP contribution in [0.15, 0.2) is 67.0 Å². The van der Waals surface area contributed by atoms with Gasteiger partial charge in [0.25, 0.3) is 0 Å². The van der Waals surface area contributed by atoms with Crippen molar-refractivity contribution < 1.29 is 14.3 Å². The molecule has 0 saturated carbocycles. The number of benzene rings is 1. The van der Waals surface area contributed by atoms with Gasteiger partial charge in [0, 0.05) is 25.5 Å². The van der Waals surface area contributed by atoms with E-state index in [2.05, 4.69) is 10.3 Å². The van der Waals surface area contributed by atoms with E-state index < -0.39 is 23.0 Å². The van der Waals surface area contributed by atoms with Crippen LogP contribution in [0.5, 0.6) is 0 Å². The number of carbonyl (C=O) groups is 2. The highest BCUT2D eigenvalue weighted by molar-refractivity contribution is 5.93. The molecule has 6 nitrogen and oxygen atoms in total. The number of likely N-dealkylation sites (tertiary alicyclic amines) is 1. The van der Waals surface area contributed by atoms with E-state index in [1.807, 2.05) is 66.4 Å². The molecule has 148 valence electrons. The minimum atomic E-state index is -0.752.